The average molecular weight is 226 g/mol. The van der Waals surface area contributed by atoms with E-state index in [1.54, 1.807) is 0 Å². The van der Waals surface area contributed by atoms with Gasteiger partial charge in [-0.15, -0.1) is 0 Å². The monoisotopic (exact) mass is 226 g/mol. The molecule has 0 unspecified atom stereocenters. The molecule has 0 aromatic heterocycles. The van der Waals surface area contributed by atoms with E-state index in [4.69, 9.17) is 4.74 Å². The van der Waals surface area contributed by atoms with E-state index in [9.17, 15) is 13.6 Å². The fraction of sp³-hybridized carbons (Fsp3) is 0.182. The summed E-state index contributed by atoms with van der Waals surface area (Å²) in [6.07, 6.45) is 0.359. The van der Waals surface area contributed by atoms with Crippen molar-refractivity contribution in [3.8, 4) is 0 Å². The highest BCUT2D eigenvalue weighted by atomic mass is 19.1. The van der Waals surface area contributed by atoms with Crippen LogP contribution in [0.2, 0.25) is 0 Å². The van der Waals surface area contributed by atoms with Crippen molar-refractivity contribution in [2.45, 2.75) is 5.60 Å². The zero-order valence-electron chi connectivity index (χ0n) is 8.20. The number of rotatable bonds is 2. The van der Waals surface area contributed by atoms with Crippen LogP contribution in [0, 0.1) is 11.6 Å². The standard InChI is InChI=1S/C11H8F2O3/c1-2-11(6-15-10(14)16-11)8-4-3-7(12)5-9(8)13/h2-5H,1,6H2/t11-/m1/s1. The third-order valence-electron chi connectivity index (χ3n) is 2.39. The largest absolute Gasteiger partial charge is 0.509 e. The molecule has 1 aromatic carbocycles. The molecule has 3 nitrogen and oxygen atoms in total. The van der Waals surface area contributed by atoms with E-state index in [-0.39, 0.29) is 12.2 Å². The van der Waals surface area contributed by atoms with Crippen LogP contribution in [-0.2, 0) is 15.1 Å². The number of benzene rings is 1. The van der Waals surface area contributed by atoms with Gasteiger partial charge in [-0.3, -0.25) is 0 Å². The van der Waals surface area contributed by atoms with Crippen LogP contribution in [0.3, 0.4) is 0 Å². The second-order valence-electron chi connectivity index (χ2n) is 3.36. The second-order valence-corrected chi connectivity index (χ2v) is 3.36. The lowest BCUT2D eigenvalue weighted by Gasteiger charge is -2.21. The molecule has 5 heteroatoms. The van der Waals surface area contributed by atoms with Gasteiger partial charge in [-0.25, -0.2) is 13.6 Å². The van der Waals surface area contributed by atoms with Crippen molar-refractivity contribution in [1.82, 2.24) is 0 Å². The first-order valence-electron chi connectivity index (χ1n) is 4.52. The summed E-state index contributed by atoms with van der Waals surface area (Å²) in [5.41, 5.74) is -1.34. The number of hydrogen-bond donors (Lipinski definition) is 0. The summed E-state index contributed by atoms with van der Waals surface area (Å²) < 4.78 is 35.7. The van der Waals surface area contributed by atoms with Gasteiger partial charge < -0.3 is 9.47 Å². The molecule has 0 saturated carbocycles. The SMILES string of the molecule is C=C[C@]1(c2ccc(F)cc2F)COC(=O)O1. The number of carbonyl (C=O) groups excluding carboxylic acids is 1. The quantitative estimate of drug-likeness (QED) is 0.574. The lowest BCUT2D eigenvalue weighted by molar-refractivity contribution is 0.0866. The zero-order chi connectivity index (χ0) is 11.8. The van der Waals surface area contributed by atoms with Gasteiger partial charge in [0.2, 0.25) is 0 Å². The van der Waals surface area contributed by atoms with E-state index < -0.39 is 23.4 Å². The molecule has 0 aliphatic carbocycles. The van der Waals surface area contributed by atoms with Crippen LogP contribution in [0.1, 0.15) is 5.56 Å². The lowest BCUT2D eigenvalue weighted by atomic mass is 9.94. The van der Waals surface area contributed by atoms with Crippen molar-refractivity contribution in [2.75, 3.05) is 6.61 Å². The van der Waals surface area contributed by atoms with Crippen molar-refractivity contribution in [1.29, 1.82) is 0 Å². The topological polar surface area (TPSA) is 35.5 Å². The maximum absolute atomic E-state index is 13.5. The van der Waals surface area contributed by atoms with Crippen LogP contribution >= 0.6 is 0 Å². The molecule has 2 rings (SSSR count). The fourth-order valence-corrected chi connectivity index (χ4v) is 1.55. The molecule has 1 fully saturated rings. The highest BCUT2D eigenvalue weighted by Crippen LogP contribution is 2.34. The van der Waals surface area contributed by atoms with Crippen LogP contribution in [0.25, 0.3) is 0 Å². The molecule has 0 bridgehead atoms. The molecule has 1 heterocycles. The van der Waals surface area contributed by atoms with Crippen molar-refractivity contribution >= 4 is 6.16 Å². The zero-order valence-corrected chi connectivity index (χ0v) is 8.20. The molecule has 1 saturated heterocycles. The average Bonchev–Trinajstić information content (AvgIpc) is 2.61. The van der Waals surface area contributed by atoms with Gasteiger partial charge in [0.25, 0.3) is 0 Å². The third kappa shape index (κ3) is 1.54. The van der Waals surface area contributed by atoms with Crippen LogP contribution < -0.4 is 0 Å². The van der Waals surface area contributed by atoms with Gasteiger partial charge >= 0.3 is 6.16 Å². The molecule has 1 aliphatic heterocycles. The van der Waals surface area contributed by atoms with Gasteiger partial charge in [0, 0.05) is 11.6 Å². The van der Waals surface area contributed by atoms with E-state index in [0.29, 0.717) is 6.07 Å². The molecule has 1 aliphatic rings. The molecule has 1 atom stereocenters. The molecule has 1 aromatic rings. The maximum Gasteiger partial charge on any atom is 0.509 e. The Balaban J connectivity index is 2.49. The Labute approximate surface area is 90.3 Å². The fourth-order valence-electron chi connectivity index (χ4n) is 1.55. The Bertz CT molecular complexity index is 459. The van der Waals surface area contributed by atoms with E-state index in [0.717, 1.165) is 6.07 Å². The first kappa shape index (κ1) is 10.6. The third-order valence-corrected chi connectivity index (χ3v) is 2.39. The van der Waals surface area contributed by atoms with Crippen LogP contribution in [-0.4, -0.2) is 12.8 Å². The second kappa shape index (κ2) is 3.59. The molecular formula is C11H8F2O3. The minimum Gasteiger partial charge on any atom is -0.429 e. The summed E-state index contributed by atoms with van der Waals surface area (Å²) in [7, 11) is 0. The van der Waals surface area contributed by atoms with Gasteiger partial charge in [-0.1, -0.05) is 6.58 Å². The maximum atomic E-state index is 13.5. The van der Waals surface area contributed by atoms with Crippen LogP contribution in [0.4, 0.5) is 13.6 Å². The van der Waals surface area contributed by atoms with Gasteiger partial charge in [-0.05, 0) is 18.2 Å². The first-order chi connectivity index (χ1) is 7.57. The Morgan fingerprint density at radius 3 is 2.69 bits per heavy atom. The van der Waals surface area contributed by atoms with Crippen molar-refractivity contribution in [3.63, 3.8) is 0 Å². The molecular weight excluding hydrogens is 218 g/mol. The number of cyclic esters (lactones) is 2. The Morgan fingerprint density at radius 2 is 2.19 bits per heavy atom. The van der Waals surface area contributed by atoms with Crippen molar-refractivity contribution in [3.05, 3.63) is 48.1 Å². The molecule has 84 valence electrons. The van der Waals surface area contributed by atoms with E-state index in [1.807, 2.05) is 0 Å². The number of halogens is 2. The highest BCUT2D eigenvalue weighted by molar-refractivity contribution is 5.64. The van der Waals surface area contributed by atoms with Gasteiger partial charge in [-0.2, -0.15) is 0 Å². The molecule has 16 heavy (non-hydrogen) atoms. The lowest BCUT2D eigenvalue weighted by Crippen LogP contribution is -2.27. The summed E-state index contributed by atoms with van der Waals surface area (Å²) in [5.74, 6) is -1.51. The first-order valence-corrected chi connectivity index (χ1v) is 4.52. The van der Waals surface area contributed by atoms with Gasteiger partial charge in [0.05, 0.1) is 0 Å². The van der Waals surface area contributed by atoms with Crippen molar-refractivity contribution in [2.24, 2.45) is 0 Å². The van der Waals surface area contributed by atoms with E-state index in [2.05, 4.69) is 11.3 Å². The minimum absolute atomic E-state index is 0.0229. The Hall–Kier alpha value is -1.91. The predicted molar refractivity (Wildman–Crippen MR) is 50.7 cm³/mol. The summed E-state index contributed by atoms with van der Waals surface area (Å²) in [5, 5.41) is 0. The summed E-state index contributed by atoms with van der Waals surface area (Å²) in [4.78, 5) is 10.9. The Kier molecular flexibility index (Phi) is 2.38. The van der Waals surface area contributed by atoms with Crippen LogP contribution in [0.5, 0.6) is 0 Å². The molecule has 0 radical (unpaired) electrons. The number of carbonyl (C=O) groups is 1. The molecule has 0 amide bonds. The highest BCUT2D eigenvalue weighted by Gasteiger charge is 2.43. The van der Waals surface area contributed by atoms with Crippen LogP contribution in [0.15, 0.2) is 30.9 Å². The molecule has 0 spiro atoms. The summed E-state index contributed by atoms with van der Waals surface area (Å²) >= 11 is 0. The Morgan fingerprint density at radius 1 is 1.44 bits per heavy atom. The predicted octanol–water partition coefficient (Wildman–Crippen LogP) is 2.51. The normalized spacial score (nSPS) is 23.8. The smallest absolute Gasteiger partial charge is 0.429 e. The number of hydrogen-bond acceptors (Lipinski definition) is 3. The summed E-state index contributed by atoms with van der Waals surface area (Å²) in [6.45, 7) is 3.30. The van der Waals surface area contributed by atoms with Crippen molar-refractivity contribution < 1.29 is 23.0 Å². The number of ether oxygens (including phenoxy) is 2. The molecule has 0 N–H and O–H groups in total. The van der Waals surface area contributed by atoms with Gasteiger partial charge in [0.1, 0.15) is 18.2 Å². The minimum atomic E-state index is -1.37. The van der Waals surface area contributed by atoms with E-state index in [1.165, 1.54) is 12.1 Å². The van der Waals surface area contributed by atoms with Gasteiger partial charge in [0.15, 0.2) is 5.60 Å². The van der Waals surface area contributed by atoms with E-state index >= 15 is 0 Å². The summed E-state index contributed by atoms with van der Waals surface area (Å²) in [6, 6.07) is 3.00.